The van der Waals surface area contributed by atoms with Gasteiger partial charge in [0.2, 0.25) is 11.8 Å². The van der Waals surface area contributed by atoms with Gasteiger partial charge < -0.3 is 20.3 Å². The van der Waals surface area contributed by atoms with Gasteiger partial charge in [-0.1, -0.05) is 30.3 Å². The molecule has 34 heavy (non-hydrogen) atoms. The van der Waals surface area contributed by atoms with Crippen molar-refractivity contribution in [3.8, 4) is 0 Å². The monoisotopic (exact) mass is 464 g/mol. The van der Waals surface area contributed by atoms with Gasteiger partial charge in [-0.3, -0.25) is 19.3 Å². The first kappa shape index (κ1) is 23.9. The van der Waals surface area contributed by atoms with E-state index in [0.29, 0.717) is 24.3 Å². The molecule has 0 saturated carbocycles. The largest absolute Gasteiger partial charge is 0.379 e. The number of aryl methyl sites for hydroxylation is 1. The molecular formula is C26H32N4O4. The fraction of sp³-hybridized carbons (Fsp3) is 0.423. The first-order chi connectivity index (χ1) is 16.5. The van der Waals surface area contributed by atoms with E-state index in [2.05, 4.69) is 15.5 Å². The predicted molar refractivity (Wildman–Crippen MR) is 131 cm³/mol. The Morgan fingerprint density at radius 1 is 1.06 bits per heavy atom. The van der Waals surface area contributed by atoms with Crippen LogP contribution in [0.3, 0.4) is 0 Å². The summed E-state index contributed by atoms with van der Waals surface area (Å²) in [6.07, 6.45) is 0.995. The number of para-hydroxylation sites is 2. The lowest BCUT2D eigenvalue weighted by molar-refractivity contribution is -0.122. The Morgan fingerprint density at radius 3 is 2.59 bits per heavy atom. The summed E-state index contributed by atoms with van der Waals surface area (Å²) >= 11 is 0. The van der Waals surface area contributed by atoms with Gasteiger partial charge in [-0.05, 0) is 43.7 Å². The van der Waals surface area contributed by atoms with Crippen molar-refractivity contribution >= 4 is 29.1 Å². The average Bonchev–Trinajstić information content (AvgIpc) is 3.24. The van der Waals surface area contributed by atoms with Gasteiger partial charge >= 0.3 is 0 Å². The molecule has 8 heteroatoms. The zero-order chi connectivity index (χ0) is 23.9. The van der Waals surface area contributed by atoms with Crippen LogP contribution in [0.5, 0.6) is 0 Å². The van der Waals surface area contributed by atoms with Crippen LogP contribution in [-0.4, -0.2) is 68.6 Å². The number of carbonyl (C=O) groups is 3. The molecule has 0 aliphatic carbocycles. The van der Waals surface area contributed by atoms with Crippen molar-refractivity contribution in [1.29, 1.82) is 0 Å². The van der Waals surface area contributed by atoms with Crippen LogP contribution >= 0.6 is 0 Å². The van der Waals surface area contributed by atoms with Crippen LogP contribution in [0.2, 0.25) is 0 Å². The maximum Gasteiger partial charge on any atom is 0.253 e. The smallest absolute Gasteiger partial charge is 0.253 e. The quantitative estimate of drug-likeness (QED) is 0.586. The molecule has 0 unspecified atom stereocenters. The Hall–Kier alpha value is -3.23. The van der Waals surface area contributed by atoms with Crippen molar-refractivity contribution in [3.63, 3.8) is 0 Å². The Morgan fingerprint density at radius 2 is 1.79 bits per heavy atom. The third-order valence-electron chi connectivity index (χ3n) is 6.37. The number of benzene rings is 2. The second-order valence-electron chi connectivity index (χ2n) is 8.79. The lowest BCUT2D eigenvalue weighted by Gasteiger charge is -2.26. The summed E-state index contributed by atoms with van der Waals surface area (Å²) in [5.41, 5.74) is 2.70. The summed E-state index contributed by atoms with van der Waals surface area (Å²) in [6, 6.07) is 14.6. The summed E-state index contributed by atoms with van der Waals surface area (Å²) in [5, 5.41) is 5.83. The summed E-state index contributed by atoms with van der Waals surface area (Å²) in [4.78, 5) is 42.4. The van der Waals surface area contributed by atoms with Crippen LogP contribution in [0.1, 0.15) is 28.8 Å². The average molecular weight is 465 g/mol. The SMILES string of the molecule is Cc1ccccc1N1C[C@H](C(=O)Nc2ccccc2C(=O)NCCCN2CCOCC2)CC1=O. The Balaban J connectivity index is 1.32. The highest BCUT2D eigenvalue weighted by molar-refractivity contribution is 6.07. The molecule has 2 aromatic carbocycles. The highest BCUT2D eigenvalue weighted by Crippen LogP contribution is 2.28. The molecule has 2 saturated heterocycles. The predicted octanol–water partition coefficient (Wildman–Crippen LogP) is 2.44. The van der Waals surface area contributed by atoms with Gasteiger partial charge in [-0.2, -0.15) is 0 Å². The number of anilines is 2. The molecule has 2 aromatic rings. The van der Waals surface area contributed by atoms with E-state index in [1.807, 2.05) is 31.2 Å². The van der Waals surface area contributed by atoms with E-state index in [4.69, 9.17) is 4.74 Å². The lowest BCUT2D eigenvalue weighted by Crippen LogP contribution is -2.38. The van der Waals surface area contributed by atoms with Gasteiger partial charge in [-0.25, -0.2) is 0 Å². The summed E-state index contributed by atoms with van der Waals surface area (Å²) < 4.78 is 5.36. The summed E-state index contributed by atoms with van der Waals surface area (Å²) in [6.45, 7) is 7.11. The minimum absolute atomic E-state index is 0.0688. The highest BCUT2D eigenvalue weighted by Gasteiger charge is 2.36. The highest BCUT2D eigenvalue weighted by atomic mass is 16.5. The molecule has 4 rings (SSSR count). The first-order valence-corrected chi connectivity index (χ1v) is 11.9. The molecule has 2 fully saturated rings. The van der Waals surface area contributed by atoms with Gasteiger partial charge in [0.1, 0.15) is 0 Å². The maximum absolute atomic E-state index is 13.0. The summed E-state index contributed by atoms with van der Waals surface area (Å²) in [5.74, 6) is -1.02. The molecule has 0 bridgehead atoms. The standard InChI is InChI=1S/C26H32N4O4/c1-19-7-2-5-10-23(19)30-18-20(17-24(30)31)25(32)28-22-9-4-3-8-21(22)26(33)27-11-6-12-29-13-15-34-16-14-29/h2-5,7-10,20H,6,11-18H2,1H3,(H,27,33)(H,28,32)/t20-/m1/s1. The normalized spacial score (nSPS) is 18.7. The number of rotatable bonds is 8. The number of carbonyl (C=O) groups excluding carboxylic acids is 3. The van der Waals surface area contributed by atoms with Crippen LogP contribution in [0.15, 0.2) is 48.5 Å². The summed E-state index contributed by atoms with van der Waals surface area (Å²) in [7, 11) is 0. The van der Waals surface area contributed by atoms with E-state index >= 15 is 0 Å². The first-order valence-electron chi connectivity index (χ1n) is 11.9. The van der Waals surface area contributed by atoms with E-state index in [1.165, 1.54) is 0 Å². The lowest BCUT2D eigenvalue weighted by atomic mass is 10.1. The van der Waals surface area contributed by atoms with Gasteiger partial charge in [0.25, 0.3) is 5.91 Å². The molecule has 2 heterocycles. The molecular weight excluding hydrogens is 432 g/mol. The van der Waals surface area contributed by atoms with Crippen molar-refractivity contribution in [2.24, 2.45) is 5.92 Å². The number of amides is 3. The van der Waals surface area contributed by atoms with E-state index in [9.17, 15) is 14.4 Å². The molecule has 0 spiro atoms. The zero-order valence-electron chi connectivity index (χ0n) is 19.6. The Kier molecular flexibility index (Phi) is 7.92. The molecule has 2 N–H and O–H groups in total. The second-order valence-corrected chi connectivity index (χ2v) is 8.79. The fourth-order valence-corrected chi connectivity index (χ4v) is 4.43. The van der Waals surface area contributed by atoms with Gasteiger partial charge in [0.05, 0.1) is 30.4 Å². The van der Waals surface area contributed by atoms with Crippen molar-refractivity contribution in [3.05, 3.63) is 59.7 Å². The number of nitrogens with one attached hydrogen (secondary N) is 2. The third-order valence-corrected chi connectivity index (χ3v) is 6.37. The van der Waals surface area contributed by atoms with Crippen molar-refractivity contribution in [1.82, 2.24) is 10.2 Å². The van der Waals surface area contributed by atoms with Gasteiger partial charge in [0.15, 0.2) is 0 Å². The Bertz CT molecular complexity index is 1030. The zero-order valence-corrected chi connectivity index (χ0v) is 19.6. The number of hydrogen-bond acceptors (Lipinski definition) is 5. The van der Waals surface area contributed by atoms with Crippen LogP contribution < -0.4 is 15.5 Å². The van der Waals surface area contributed by atoms with Gasteiger partial charge in [-0.15, -0.1) is 0 Å². The number of morpholine rings is 1. The van der Waals surface area contributed by atoms with E-state index in [1.54, 1.807) is 29.2 Å². The van der Waals surface area contributed by atoms with Crippen molar-refractivity contribution in [2.75, 3.05) is 56.2 Å². The van der Waals surface area contributed by atoms with Crippen LogP contribution in [0.25, 0.3) is 0 Å². The number of hydrogen-bond donors (Lipinski definition) is 2. The van der Waals surface area contributed by atoms with Gasteiger partial charge in [0, 0.05) is 38.3 Å². The van der Waals surface area contributed by atoms with Crippen LogP contribution in [0, 0.1) is 12.8 Å². The van der Waals surface area contributed by atoms with Crippen molar-refractivity contribution in [2.45, 2.75) is 19.8 Å². The topological polar surface area (TPSA) is 91.0 Å². The fourth-order valence-electron chi connectivity index (χ4n) is 4.43. The van der Waals surface area contributed by atoms with E-state index in [0.717, 1.165) is 50.5 Å². The number of nitrogens with zero attached hydrogens (tertiary/aromatic N) is 2. The Labute approximate surface area is 200 Å². The third kappa shape index (κ3) is 5.81. The molecule has 2 aliphatic heterocycles. The molecule has 0 aromatic heterocycles. The molecule has 8 nitrogen and oxygen atoms in total. The molecule has 3 amide bonds. The maximum atomic E-state index is 13.0. The molecule has 2 aliphatic rings. The minimum Gasteiger partial charge on any atom is -0.379 e. The second kappa shape index (κ2) is 11.3. The molecule has 0 radical (unpaired) electrons. The van der Waals surface area contributed by atoms with Crippen LogP contribution in [-0.2, 0) is 14.3 Å². The molecule has 1 atom stereocenters. The molecule has 180 valence electrons. The minimum atomic E-state index is -0.475. The van der Waals surface area contributed by atoms with Crippen LogP contribution in [0.4, 0.5) is 11.4 Å². The van der Waals surface area contributed by atoms with Crippen molar-refractivity contribution < 1.29 is 19.1 Å². The van der Waals surface area contributed by atoms with E-state index < -0.39 is 5.92 Å². The number of ether oxygens (including phenoxy) is 1. The van der Waals surface area contributed by atoms with E-state index in [-0.39, 0.29) is 24.1 Å².